The Balaban J connectivity index is 1.99. The molecule has 0 amide bonds. The van der Waals surface area contributed by atoms with Crippen molar-refractivity contribution in [1.82, 2.24) is 9.88 Å². The molecule has 2 heterocycles. The van der Waals surface area contributed by atoms with E-state index in [1.54, 1.807) is 6.07 Å². The third-order valence-electron chi connectivity index (χ3n) is 3.64. The Kier molecular flexibility index (Phi) is 2.99. The van der Waals surface area contributed by atoms with Crippen LogP contribution in [0.5, 0.6) is 0 Å². The van der Waals surface area contributed by atoms with E-state index in [-0.39, 0.29) is 5.97 Å². The fourth-order valence-corrected chi connectivity index (χ4v) is 2.76. The Labute approximate surface area is 111 Å². The van der Waals surface area contributed by atoms with Gasteiger partial charge in [-0.3, -0.25) is 4.90 Å². The Morgan fingerprint density at radius 1 is 1.56 bits per heavy atom. The van der Waals surface area contributed by atoms with Gasteiger partial charge in [0.15, 0.2) is 0 Å². The first-order chi connectivity index (χ1) is 8.69. The van der Waals surface area contributed by atoms with Crippen LogP contribution < -0.4 is 0 Å². The van der Waals surface area contributed by atoms with Crippen molar-refractivity contribution < 1.29 is 9.53 Å². The number of halogens is 1. The normalized spacial score (nSPS) is 19.4. The highest BCUT2D eigenvalue weighted by atomic mass is 35.5. The lowest BCUT2D eigenvalue weighted by atomic mass is 10.00. The molecule has 1 aromatic rings. The summed E-state index contributed by atoms with van der Waals surface area (Å²) >= 11 is 5.96. The smallest absolute Gasteiger partial charge is 0.338 e. The maximum Gasteiger partial charge on any atom is 0.338 e. The third kappa shape index (κ3) is 2.10. The molecule has 0 atom stereocenters. The molecule has 1 fully saturated rings. The van der Waals surface area contributed by atoms with Gasteiger partial charge < -0.3 is 4.74 Å². The average molecular weight is 267 g/mol. The van der Waals surface area contributed by atoms with Crippen LogP contribution in [0.3, 0.4) is 0 Å². The molecule has 1 saturated carbocycles. The van der Waals surface area contributed by atoms with Crippen LogP contribution in [0.15, 0.2) is 6.07 Å². The lowest BCUT2D eigenvalue weighted by Gasteiger charge is -2.29. The van der Waals surface area contributed by atoms with E-state index >= 15 is 0 Å². The molecule has 1 aliphatic carbocycles. The van der Waals surface area contributed by atoms with Gasteiger partial charge in [-0.15, -0.1) is 0 Å². The van der Waals surface area contributed by atoms with E-state index in [4.69, 9.17) is 16.3 Å². The van der Waals surface area contributed by atoms with Gasteiger partial charge in [0.05, 0.1) is 12.7 Å². The first-order valence-electron chi connectivity index (χ1n) is 6.19. The summed E-state index contributed by atoms with van der Waals surface area (Å²) in [6, 6.07) is 2.31. The van der Waals surface area contributed by atoms with Crippen molar-refractivity contribution in [2.45, 2.75) is 31.8 Å². The molecule has 2 aliphatic rings. The summed E-state index contributed by atoms with van der Waals surface area (Å²) in [5.41, 5.74) is 2.50. The number of ether oxygens (including phenoxy) is 1. The minimum atomic E-state index is -0.326. The minimum Gasteiger partial charge on any atom is -0.465 e. The number of esters is 1. The maximum absolute atomic E-state index is 11.8. The molecule has 18 heavy (non-hydrogen) atoms. The number of hydrogen-bond acceptors (Lipinski definition) is 4. The van der Waals surface area contributed by atoms with E-state index < -0.39 is 0 Å². The summed E-state index contributed by atoms with van der Waals surface area (Å²) in [4.78, 5) is 18.6. The van der Waals surface area contributed by atoms with Crippen molar-refractivity contribution in [3.63, 3.8) is 0 Å². The van der Waals surface area contributed by atoms with Crippen LogP contribution in [0.1, 0.15) is 34.5 Å². The van der Waals surface area contributed by atoms with Crippen LogP contribution in [0.2, 0.25) is 5.15 Å². The highest BCUT2D eigenvalue weighted by Gasteiger charge is 2.33. The fourth-order valence-electron chi connectivity index (χ4n) is 2.55. The van der Waals surface area contributed by atoms with Crippen LogP contribution in [0, 0.1) is 0 Å². The molecule has 0 radical (unpaired) electrons. The molecule has 0 bridgehead atoms. The van der Waals surface area contributed by atoms with Crippen LogP contribution in [-0.4, -0.2) is 35.5 Å². The Bertz CT molecular complexity index is 500. The van der Waals surface area contributed by atoms with Gasteiger partial charge in [-0.1, -0.05) is 11.6 Å². The van der Waals surface area contributed by atoms with E-state index in [1.807, 2.05) is 0 Å². The summed E-state index contributed by atoms with van der Waals surface area (Å²) in [5.74, 6) is -0.326. The first kappa shape index (κ1) is 11.9. The van der Waals surface area contributed by atoms with Crippen LogP contribution in [0.25, 0.3) is 0 Å². The quantitative estimate of drug-likeness (QED) is 0.607. The molecule has 0 aromatic carbocycles. The van der Waals surface area contributed by atoms with E-state index in [2.05, 4.69) is 9.88 Å². The predicted molar refractivity (Wildman–Crippen MR) is 67.7 cm³/mol. The predicted octanol–water partition coefficient (Wildman–Crippen LogP) is 2.04. The first-order valence-corrected chi connectivity index (χ1v) is 6.57. The monoisotopic (exact) mass is 266 g/mol. The van der Waals surface area contributed by atoms with Crippen LogP contribution in [0.4, 0.5) is 0 Å². The number of carbonyl (C=O) groups is 1. The molecule has 4 nitrogen and oxygen atoms in total. The molecule has 5 heteroatoms. The highest BCUT2D eigenvalue weighted by Crippen LogP contribution is 2.33. The number of fused-ring (bicyclic) bond motifs is 1. The van der Waals surface area contributed by atoms with Gasteiger partial charge >= 0.3 is 5.97 Å². The van der Waals surface area contributed by atoms with Gasteiger partial charge in [-0.2, -0.15) is 0 Å². The average Bonchev–Trinajstić information content (AvgIpc) is 3.20. The molecule has 0 spiro atoms. The third-order valence-corrected chi connectivity index (χ3v) is 3.84. The molecular weight excluding hydrogens is 252 g/mol. The number of methoxy groups -OCH3 is 1. The SMILES string of the molecule is COC(=O)c1cc(Cl)nc2c1CN(C1CC1)CC2. The van der Waals surface area contributed by atoms with Crippen molar-refractivity contribution in [3.05, 3.63) is 28.0 Å². The standard InChI is InChI=1S/C13H15ClN2O2/c1-18-13(17)9-6-12(14)15-11-4-5-16(7-10(9)11)8-2-3-8/h6,8H,2-5,7H2,1H3. The lowest BCUT2D eigenvalue weighted by Crippen LogP contribution is -2.34. The molecule has 0 saturated heterocycles. The van der Waals surface area contributed by atoms with Crippen molar-refractivity contribution in [2.75, 3.05) is 13.7 Å². The summed E-state index contributed by atoms with van der Waals surface area (Å²) in [6.45, 7) is 1.79. The van der Waals surface area contributed by atoms with Crippen molar-refractivity contribution in [2.24, 2.45) is 0 Å². The molecule has 0 N–H and O–H groups in total. The lowest BCUT2D eigenvalue weighted by molar-refractivity contribution is 0.0597. The molecule has 1 aromatic heterocycles. The highest BCUT2D eigenvalue weighted by molar-refractivity contribution is 6.29. The molecular formula is C13H15ClN2O2. The number of rotatable bonds is 2. The molecule has 0 unspecified atom stereocenters. The number of nitrogens with zero attached hydrogens (tertiary/aromatic N) is 2. The van der Waals surface area contributed by atoms with Crippen molar-refractivity contribution in [3.8, 4) is 0 Å². The molecule has 96 valence electrons. The maximum atomic E-state index is 11.8. The van der Waals surface area contributed by atoms with E-state index in [9.17, 15) is 4.79 Å². The topological polar surface area (TPSA) is 42.4 Å². The molecule has 1 aliphatic heterocycles. The van der Waals surface area contributed by atoms with Crippen LogP contribution in [-0.2, 0) is 17.7 Å². The second-order valence-electron chi connectivity index (χ2n) is 4.86. The zero-order valence-corrected chi connectivity index (χ0v) is 11.0. The van der Waals surface area contributed by atoms with Gasteiger partial charge in [0.25, 0.3) is 0 Å². The van der Waals surface area contributed by atoms with Crippen molar-refractivity contribution in [1.29, 1.82) is 0 Å². The zero-order valence-electron chi connectivity index (χ0n) is 10.3. The Hall–Kier alpha value is -1.13. The largest absolute Gasteiger partial charge is 0.465 e. The number of carbonyl (C=O) groups excluding carboxylic acids is 1. The number of pyridine rings is 1. The van der Waals surface area contributed by atoms with Gasteiger partial charge in [0.1, 0.15) is 5.15 Å². The van der Waals surface area contributed by atoms with Gasteiger partial charge in [-0.25, -0.2) is 9.78 Å². The fraction of sp³-hybridized carbons (Fsp3) is 0.538. The summed E-state index contributed by atoms with van der Waals surface area (Å²) in [7, 11) is 1.39. The second-order valence-corrected chi connectivity index (χ2v) is 5.25. The Morgan fingerprint density at radius 2 is 2.33 bits per heavy atom. The minimum absolute atomic E-state index is 0.326. The van der Waals surface area contributed by atoms with Gasteiger partial charge in [-0.05, 0) is 18.9 Å². The summed E-state index contributed by atoms with van der Waals surface area (Å²) in [6.07, 6.45) is 3.39. The van der Waals surface area contributed by atoms with E-state index in [0.29, 0.717) is 16.8 Å². The number of aromatic nitrogens is 1. The summed E-state index contributed by atoms with van der Waals surface area (Å²) in [5, 5.41) is 0.369. The van der Waals surface area contributed by atoms with E-state index in [0.717, 1.165) is 30.8 Å². The van der Waals surface area contributed by atoms with Gasteiger partial charge in [0.2, 0.25) is 0 Å². The number of hydrogen-bond donors (Lipinski definition) is 0. The molecule has 3 rings (SSSR count). The summed E-state index contributed by atoms with van der Waals surface area (Å²) < 4.78 is 4.82. The van der Waals surface area contributed by atoms with Gasteiger partial charge in [0, 0.05) is 36.8 Å². The van der Waals surface area contributed by atoms with E-state index in [1.165, 1.54) is 20.0 Å². The van der Waals surface area contributed by atoms with Crippen molar-refractivity contribution >= 4 is 17.6 Å². The van der Waals surface area contributed by atoms with Crippen LogP contribution >= 0.6 is 11.6 Å². The zero-order chi connectivity index (χ0) is 12.7. The second kappa shape index (κ2) is 4.52. The Morgan fingerprint density at radius 3 is 3.00 bits per heavy atom.